The summed E-state index contributed by atoms with van der Waals surface area (Å²) in [5, 5.41) is 13.4. The van der Waals surface area contributed by atoms with Crippen LogP contribution in [0.4, 0.5) is 4.39 Å². The van der Waals surface area contributed by atoms with Crippen LogP contribution < -0.4 is 0 Å². The zero-order chi connectivity index (χ0) is 15.4. The minimum atomic E-state index is -0.219. The van der Waals surface area contributed by atoms with Crippen molar-refractivity contribution >= 4 is 12.2 Å². The minimum Gasteiger partial charge on any atom is -0.388 e. The molecular formula is C14H19FN4OS. The highest BCUT2D eigenvalue weighted by Gasteiger charge is 2.08. The molecule has 0 atom stereocenters. The predicted molar refractivity (Wildman–Crippen MR) is 80.7 cm³/mol. The fourth-order valence-corrected chi connectivity index (χ4v) is 2.24. The maximum Gasteiger partial charge on any atom is 0.198 e. The Kier molecular flexibility index (Phi) is 5.22. The normalized spacial score (nSPS) is 11.3. The van der Waals surface area contributed by atoms with E-state index in [9.17, 15) is 9.50 Å². The molecule has 1 aromatic heterocycles. The second kappa shape index (κ2) is 6.93. The molecule has 1 aromatic carbocycles. The van der Waals surface area contributed by atoms with Crippen molar-refractivity contribution in [2.24, 2.45) is 7.05 Å². The van der Waals surface area contributed by atoms with Crippen LogP contribution in [0.25, 0.3) is 0 Å². The predicted octanol–water partition coefficient (Wildman–Crippen LogP) is 1.71. The summed E-state index contributed by atoms with van der Waals surface area (Å²) in [4.78, 5) is 2.08. The third-order valence-corrected chi connectivity index (χ3v) is 3.83. The summed E-state index contributed by atoms with van der Waals surface area (Å²) >= 11 is 5.27. The Labute approximate surface area is 128 Å². The Morgan fingerprint density at radius 3 is 2.57 bits per heavy atom. The van der Waals surface area contributed by atoms with E-state index < -0.39 is 0 Å². The molecule has 5 nitrogen and oxygen atoms in total. The first-order valence-corrected chi connectivity index (χ1v) is 7.08. The summed E-state index contributed by atoms with van der Waals surface area (Å²) < 4.78 is 16.8. The number of likely N-dealkylation sites (N-methyl/N-ethyl adjacent to an activating group) is 1. The number of rotatable bonds is 6. The van der Waals surface area contributed by atoms with Crippen LogP contribution in [0.1, 0.15) is 11.4 Å². The molecule has 0 radical (unpaired) electrons. The average Bonchev–Trinajstić information content (AvgIpc) is 2.74. The van der Waals surface area contributed by atoms with Gasteiger partial charge >= 0.3 is 0 Å². The average molecular weight is 310 g/mol. The number of benzene rings is 1. The first-order chi connectivity index (χ1) is 10.0. The lowest BCUT2D eigenvalue weighted by Gasteiger charge is -2.16. The molecule has 1 N–H and O–H groups in total. The molecule has 114 valence electrons. The zero-order valence-corrected chi connectivity index (χ0v) is 13.0. The van der Waals surface area contributed by atoms with Gasteiger partial charge in [-0.25, -0.2) is 9.07 Å². The van der Waals surface area contributed by atoms with Gasteiger partial charge in [0, 0.05) is 13.6 Å². The minimum absolute atomic E-state index is 0.133. The summed E-state index contributed by atoms with van der Waals surface area (Å²) in [6.07, 6.45) is 0.823. The van der Waals surface area contributed by atoms with Gasteiger partial charge in [-0.1, -0.05) is 12.1 Å². The number of aromatic nitrogens is 3. The van der Waals surface area contributed by atoms with Gasteiger partial charge in [-0.3, -0.25) is 4.90 Å². The second-order valence-corrected chi connectivity index (χ2v) is 5.38. The second-order valence-electron chi connectivity index (χ2n) is 5.01. The molecule has 1 heterocycles. The van der Waals surface area contributed by atoms with Crippen LogP contribution in [0.3, 0.4) is 0 Å². The number of aliphatic hydroxyl groups excluding tert-OH is 1. The maximum atomic E-state index is 12.8. The number of halogens is 1. The lowest BCUT2D eigenvalue weighted by molar-refractivity contribution is 0.246. The van der Waals surface area contributed by atoms with E-state index in [-0.39, 0.29) is 12.4 Å². The maximum absolute atomic E-state index is 12.8. The summed E-state index contributed by atoms with van der Waals surface area (Å²) in [7, 11) is 3.76. The molecule has 0 bridgehead atoms. The molecule has 0 saturated heterocycles. The third-order valence-electron chi connectivity index (χ3n) is 3.34. The first-order valence-electron chi connectivity index (χ1n) is 6.68. The highest BCUT2D eigenvalue weighted by Crippen LogP contribution is 2.05. The van der Waals surface area contributed by atoms with Crippen molar-refractivity contribution in [2.45, 2.75) is 19.7 Å². The molecular weight excluding hydrogens is 291 g/mol. The van der Waals surface area contributed by atoms with Gasteiger partial charge in [0.25, 0.3) is 0 Å². The van der Waals surface area contributed by atoms with Gasteiger partial charge in [-0.05, 0) is 43.4 Å². The third kappa shape index (κ3) is 3.96. The van der Waals surface area contributed by atoms with Gasteiger partial charge in [-0.15, -0.1) is 0 Å². The molecule has 2 rings (SSSR count). The Morgan fingerprint density at radius 1 is 1.33 bits per heavy atom. The lowest BCUT2D eigenvalue weighted by atomic mass is 10.1. The van der Waals surface area contributed by atoms with E-state index in [4.69, 9.17) is 12.2 Å². The van der Waals surface area contributed by atoms with E-state index in [1.807, 2.05) is 7.05 Å². The Morgan fingerprint density at radius 2 is 2.00 bits per heavy atom. The fourth-order valence-electron chi connectivity index (χ4n) is 2.03. The van der Waals surface area contributed by atoms with E-state index in [1.54, 1.807) is 28.4 Å². The molecule has 0 saturated carbocycles. The van der Waals surface area contributed by atoms with Crippen molar-refractivity contribution in [1.82, 2.24) is 19.2 Å². The smallest absolute Gasteiger partial charge is 0.198 e. The lowest BCUT2D eigenvalue weighted by Crippen LogP contribution is -2.25. The van der Waals surface area contributed by atoms with Crippen LogP contribution in [0.2, 0.25) is 0 Å². The van der Waals surface area contributed by atoms with Gasteiger partial charge in [0.1, 0.15) is 12.4 Å². The summed E-state index contributed by atoms with van der Waals surface area (Å²) in [5.41, 5.74) is 1.09. The van der Waals surface area contributed by atoms with E-state index in [2.05, 4.69) is 10.00 Å². The van der Waals surface area contributed by atoms with Gasteiger partial charge in [0.15, 0.2) is 10.6 Å². The van der Waals surface area contributed by atoms with Crippen LogP contribution in [-0.2, 0) is 26.7 Å². The van der Waals surface area contributed by atoms with E-state index in [0.717, 1.165) is 18.5 Å². The van der Waals surface area contributed by atoms with Crippen LogP contribution in [0, 0.1) is 10.6 Å². The van der Waals surface area contributed by atoms with Crippen molar-refractivity contribution in [1.29, 1.82) is 0 Å². The molecule has 0 aliphatic carbocycles. The number of nitrogens with zero attached hydrogens (tertiary/aromatic N) is 4. The van der Waals surface area contributed by atoms with E-state index >= 15 is 0 Å². The number of hydrogen-bond donors (Lipinski definition) is 1. The monoisotopic (exact) mass is 310 g/mol. The van der Waals surface area contributed by atoms with Crippen LogP contribution in [0.15, 0.2) is 24.3 Å². The molecule has 2 aromatic rings. The highest BCUT2D eigenvalue weighted by atomic mass is 32.1. The zero-order valence-electron chi connectivity index (χ0n) is 12.2. The molecule has 0 spiro atoms. The van der Waals surface area contributed by atoms with Gasteiger partial charge in [-0.2, -0.15) is 5.10 Å². The molecule has 0 unspecified atom stereocenters. The molecule has 0 amide bonds. The first kappa shape index (κ1) is 15.8. The van der Waals surface area contributed by atoms with Crippen LogP contribution in [-0.4, -0.2) is 37.9 Å². The Bertz CT molecular complexity index is 650. The van der Waals surface area contributed by atoms with Crippen molar-refractivity contribution < 1.29 is 9.50 Å². The molecule has 0 aliphatic rings. The van der Waals surface area contributed by atoms with Crippen molar-refractivity contribution in [3.05, 3.63) is 46.2 Å². The van der Waals surface area contributed by atoms with Gasteiger partial charge in [0.05, 0.1) is 6.67 Å². The fraction of sp³-hybridized carbons (Fsp3) is 0.429. The van der Waals surface area contributed by atoms with Crippen molar-refractivity contribution in [3.8, 4) is 0 Å². The van der Waals surface area contributed by atoms with Gasteiger partial charge in [0.2, 0.25) is 0 Å². The van der Waals surface area contributed by atoms with Crippen molar-refractivity contribution in [2.75, 3.05) is 13.6 Å². The number of hydrogen-bond acceptors (Lipinski definition) is 4. The number of aliphatic hydroxyl groups is 1. The van der Waals surface area contributed by atoms with Crippen molar-refractivity contribution in [3.63, 3.8) is 0 Å². The van der Waals surface area contributed by atoms with Gasteiger partial charge < -0.3 is 9.67 Å². The SMILES string of the molecule is CN(CCc1ccc(F)cc1)Cn1nc(CO)n(C)c1=S. The largest absolute Gasteiger partial charge is 0.388 e. The highest BCUT2D eigenvalue weighted by molar-refractivity contribution is 7.71. The molecule has 0 aliphatic heterocycles. The quantitative estimate of drug-likeness (QED) is 0.825. The summed E-state index contributed by atoms with van der Waals surface area (Å²) in [6, 6.07) is 6.52. The standard InChI is InChI=1S/C14H19FN4OS/c1-17(8-7-11-3-5-12(15)6-4-11)10-19-14(21)18(2)13(9-20)16-19/h3-6,20H,7-10H2,1-2H3. The topological polar surface area (TPSA) is 46.2 Å². The Hall–Kier alpha value is -1.57. The molecule has 7 heteroatoms. The molecule has 21 heavy (non-hydrogen) atoms. The van der Waals surface area contributed by atoms with Crippen LogP contribution in [0.5, 0.6) is 0 Å². The van der Waals surface area contributed by atoms with Crippen LogP contribution >= 0.6 is 12.2 Å². The summed E-state index contributed by atoms with van der Waals surface area (Å²) in [5.74, 6) is 0.329. The van der Waals surface area contributed by atoms with E-state index in [0.29, 0.717) is 17.3 Å². The Balaban J connectivity index is 1.94. The van der Waals surface area contributed by atoms with E-state index in [1.165, 1.54) is 12.1 Å². The summed E-state index contributed by atoms with van der Waals surface area (Å²) in [6.45, 7) is 1.22. The molecule has 0 fully saturated rings.